The number of unbranched alkanes of at least 4 members (excludes halogenated alkanes) is 1. The summed E-state index contributed by atoms with van der Waals surface area (Å²) in [5, 5.41) is 14.2. The van der Waals surface area contributed by atoms with E-state index in [-0.39, 0.29) is 5.56 Å². The minimum absolute atomic E-state index is 0.199. The maximum atomic E-state index is 11.5. The molecule has 0 amide bonds. The second-order valence-corrected chi connectivity index (χ2v) is 7.78. The Bertz CT molecular complexity index is 1180. The normalized spacial score (nSPS) is 10.9. The van der Waals surface area contributed by atoms with Crippen molar-refractivity contribution in [3.05, 3.63) is 101 Å². The third-order valence-corrected chi connectivity index (χ3v) is 5.40. The topological polar surface area (TPSA) is 80.9 Å². The van der Waals surface area contributed by atoms with Crippen molar-refractivity contribution in [3.8, 4) is 11.1 Å². The van der Waals surface area contributed by atoms with Crippen LogP contribution in [-0.4, -0.2) is 30.8 Å². The lowest BCUT2D eigenvalue weighted by Gasteiger charge is -2.08. The Morgan fingerprint density at radius 1 is 0.969 bits per heavy atom. The molecule has 0 fully saturated rings. The van der Waals surface area contributed by atoms with Crippen molar-refractivity contribution < 1.29 is 9.90 Å². The highest BCUT2D eigenvalue weighted by molar-refractivity contribution is 5.95. The molecule has 0 unspecified atom stereocenters. The van der Waals surface area contributed by atoms with Crippen LogP contribution in [0.3, 0.4) is 0 Å². The highest BCUT2D eigenvalue weighted by atomic mass is 16.4. The fourth-order valence-electron chi connectivity index (χ4n) is 3.70. The van der Waals surface area contributed by atoms with Crippen LogP contribution < -0.4 is 0 Å². The lowest BCUT2D eigenvalue weighted by Crippen LogP contribution is -2.06. The minimum Gasteiger partial charge on any atom is -0.478 e. The van der Waals surface area contributed by atoms with E-state index in [1.54, 1.807) is 12.3 Å². The van der Waals surface area contributed by atoms with Gasteiger partial charge in [-0.3, -0.25) is 4.98 Å². The molecular weight excluding hydrogens is 400 g/mol. The zero-order valence-electron chi connectivity index (χ0n) is 18.1. The lowest BCUT2D eigenvalue weighted by molar-refractivity contribution is 0.0697. The first-order valence-electron chi connectivity index (χ1n) is 10.9. The van der Waals surface area contributed by atoms with Crippen molar-refractivity contribution in [1.29, 1.82) is 0 Å². The number of benzene rings is 2. The molecule has 0 aliphatic heterocycles. The summed E-state index contributed by atoms with van der Waals surface area (Å²) < 4.78 is 2.03. The van der Waals surface area contributed by atoms with Gasteiger partial charge in [0.2, 0.25) is 0 Å². The molecule has 0 saturated heterocycles. The van der Waals surface area contributed by atoms with E-state index in [0.717, 1.165) is 42.2 Å². The molecule has 2 heterocycles. The van der Waals surface area contributed by atoms with Gasteiger partial charge >= 0.3 is 5.97 Å². The molecule has 2 aromatic carbocycles. The Morgan fingerprint density at radius 3 is 2.44 bits per heavy atom. The molecule has 162 valence electrons. The number of carboxylic acids is 1. The Kier molecular flexibility index (Phi) is 6.70. The quantitative estimate of drug-likeness (QED) is 0.406. The maximum absolute atomic E-state index is 11.5. The molecule has 0 aliphatic carbocycles. The highest BCUT2D eigenvalue weighted by Gasteiger charge is 2.13. The molecule has 0 spiro atoms. The number of hydrogen-bond acceptors (Lipinski definition) is 4. The van der Waals surface area contributed by atoms with Crippen LogP contribution in [0.25, 0.3) is 11.1 Å². The summed E-state index contributed by atoms with van der Waals surface area (Å²) in [4.78, 5) is 20.3. The summed E-state index contributed by atoms with van der Waals surface area (Å²) in [6, 6.07) is 19.9. The predicted octanol–water partition coefficient (Wildman–Crippen LogP) is 5.02. The molecule has 1 N–H and O–H groups in total. The van der Waals surface area contributed by atoms with E-state index in [2.05, 4.69) is 24.0 Å². The molecule has 4 rings (SSSR count). The summed E-state index contributed by atoms with van der Waals surface area (Å²) in [6.45, 7) is 3.02. The van der Waals surface area contributed by atoms with E-state index in [4.69, 9.17) is 10.1 Å². The van der Waals surface area contributed by atoms with Crippen molar-refractivity contribution >= 4 is 5.97 Å². The van der Waals surface area contributed by atoms with Gasteiger partial charge in [-0.15, -0.1) is 0 Å². The van der Waals surface area contributed by atoms with Crippen LogP contribution in [-0.2, 0) is 19.4 Å². The van der Waals surface area contributed by atoms with Gasteiger partial charge in [-0.05, 0) is 34.7 Å². The van der Waals surface area contributed by atoms with Gasteiger partial charge in [0.1, 0.15) is 5.82 Å². The van der Waals surface area contributed by atoms with Gasteiger partial charge < -0.3 is 5.11 Å². The number of aromatic nitrogens is 4. The van der Waals surface area contributed by atoms with Gasteiger partial charge in [0, 0.05) is 31.8 Å². The molecule has 4 aromatic rings. The van der Waals surface area contributed by atoms with Crippen LogP contribution in [0, 0.1) is 0 Å². The average Bonchev–Trinajstić information content (AvgIpc) is 3.19. The summed E-state index contributed by atoms with van der Waals surface area (Å²) in [7, 11) is 0. The largest absolute Gasteiger partial charge is 0.478 e. The van der Waals surface area contributed by atoms with Gasteiger partial charge in [-0.2, -0.15) is 5.10 Å². The predicted molar refractivity (Wildman–Crippen MR) is 124 cm³/mol. The number of aromatic carboxylic acids is 1. The first-order chi connectivity index (χ1) is 15.6. The molecular formula is C26H26N4O2. The van der Waals surface area contributed by atoms with Crippen LogP contribution in [0.1, 0.15) is 52.9 Å². The van der Waals surface area contributed by atoms with Crippen LogP contribution >= 0.6 is 0 Å². The van der Waals surface area contributed by atoms with Crippen molar-refractivity contribution in [2.45, 2.75) is 39.2 Å². The number of carbonyl (C=O) groups is 1. The maximum Gasteiger partial charge on any atom is 0.337 e. The second-order valence-electron chi connectivity index (χ2n) is 7.78. The Balaban J connectivity index is 1.56. The standard InChI is InChI=1S/C26H26N4O2/c1-2-3-15-30-25(28-24(29-30)16-19-7-5-4-6-8-19)17-20-9-11-21(12-10-20)22-13-14-27-18-23(22)26(31)32/h4-14,18H,2-3,15-17H2,1H3,(H,31,32). The number of pyridine rings is 1. The highest BCUT2D eigenvalue weighted by Crippen LogP contribution is 2.24. The smallest absolute Gasteiger partial charge is 0.337 e. The van der Waals surface area contributed by atoms with Gasteiger partial charge in [-0.1, -0.05) is 67.9 Å². The van der Waals surface area contributed by atoms with Crippen LogP contribution in [0.2, 0.25) is 0 Å². The monoisotopic (exact) mass is 426 g/mol. The summed E-state index contributed by atoms with van der Waals surface area (Å²) in [5.41, 5.74) is 4.02. The van der Waals surface area contributed by atoms with E-state index in [9.17, 15) is 9.90 Å². The summed E-state index contributed by atoms with van der Waals surface area (Å²) >= 11 is 0. The second kappa shape index (κ2) is 10.0. The van der Waals surface area contributed by atoms with E-state index in [1.165, 1.54) is 11.8 Å². The minimum atomic E-state index is -0.979. The van der Waals surface area contributed by atoms with E-state index in [1.807, 2.05) is 47.1 Å². The van der Waals surface area contributed by atoms with Crippen LogP contribution in [0.5, 0.6) is 0 Å². The van der Waals surface area contributed by atoms with Crippen molar-refractivity contribution in [2.75, 3.05) is 0 Å². The number of hydrogen-bond donors (Lipinski definition) is 1. The fourth-order valence-corrected chi connectivity index (χ4v) is 3.70. The molecule has 0 atom stereocenters. The Morgan fingerprint density at radius 2 is 1.72 bits per heavy atom. The summed E-state index contributed by atoms with van der Waals surface area (Å²) in [6.07, 6.45) is 6.54. The van der Waals surface area contributed by atoms with Crippen molar-refractivity contribution in [1.82, 2.24) is 19.7 Å². The molecule has 6 nitrogen and oxygen atoms in total. The average molecular weight is 427 g/mol. The number of aryl methyl sites for hydroxylation is 1. The van der Waals surface area contributed by atoms with Crippen LogP contribution in [0.4, 0.5) is 0 Å². The SMILES string of the molecule is CCCCn1nc(Cc2ccccc2)nc1Cc1ccc(-c2ccncc2C(=O)O)cc1. The van der Waals surface area contributed by atoms with Crippen molar-refractivity contribution in [3.63, 3.8) is 0 Å². The first kappa shape index (κ1) is 21.4. The Labute approximate surface area is 187 Å². The number of carboxylic acid groups (broad SMARTS) is 1. The third kappa shape index (κ3) is 5.09. The summed E-state index contributed by atoms with van der Waals surface area (Å²) in [5.74, 6) is 0.807. The molecule has 0 aliphatic rings. The Hall–Kier alpha value is -3.80. The van der Waals surface area contributed by atoms with Gasteiger partial charge in [0.15, 0.2) is 5.82 Å². The first-order valence-corrected chi connectivity index (χ1v) is 10.9. The third-order valence-electron chi connectivity index (χ3n) is 5.40. The van der Waals surface area contributed by atoms with E-state index >= 15 is 0 Å². The number of nitrogens with zero attached hydrogens (tertiary/aromatic N) is 4. The van der Waals surface area contributed by atoms with Gasteiger partial charge in [-0.25, -0.2) is 14.5 Å². The number of rotatable bonds is 9. The van der Waals surface area contributed by atoms with Crippen molar-refractivity contribution in [2.24, 2.45) is 0 Å². The molecule has 6 heteroatoms. The molecule has 32 heavy (non-hydrogen) atoms. The zero-order chi connectivity index (χ0) is 22.3. The molecule has 0 saturated carbocycles. The lowest BCUT2D eigenvalue weighted by atomic mass is 10.00. The van der Waals surface area contributed by atoms with E-state index in [0.29, 0.717) is 18.4 Å². The molecule has 0 radical (unpaired) electrons. The molecule has 0 bridgehead atoms. The van der Waals surface area contributed by atoms with E-state index < -0.39 is 5.97 Å². The fraction of sp³-hybridized carbons (Fsp3) is 0.231. The molecule has 2 aromatic heterocycles. The van der Waals surface area contributed by atoms with Gasteiger partial charge in [0.05, 0.1) is 5.56 Å². The zero-order valence-corrected chi connectivity index (χ0v) is 18.1. The van der Waals surface area contributed by atoms with Crippen LogP contribution in [0.15, 0.2) is 73.1 Å². The van der Waals surface area contributed by atoms with Gasteiger partial charge in [0.25, 0.3) is 0 Å².